The summed E-state index contributed by atoms with van der Waals surface area (Å²) in [6, 6.07) is 61.2. The molecule has 0 fully saturated rings. The van der Waals surface area contributed by atoms with Gasteiger partial charge in [0.05, 0.1) is 5.69 Å². The summed E-state index contributed by atoms with van der Waals surface area (Å²) in [5, 5.41) is 7.37. The maximum Gasteiger partial charge on any atom is 0.0540 e. The first-order valence-electron chi connectivity index (χ1n) is 14.9. The van der Waals surface area contributed by atoms with Crippen molar-refractivity contribution in [3.63, 3.8) is 0 Å². The van der Waals surface area contributed by atoms with Gasteiger partial charge in [-0.15, -0.1) is 0 Å². The number of hydrogen-bond acceptors (Lipinski definition) is 1. The Labute approximate surface area is 265 Å². The van der Waals surface area contributed by atoms with Crippen molar-refractivity contribution in [2.45, 2.75) is 0 Å². The van der Waals surface area contributed by atoms with E-state index in [1.807, 2.05) is 0 Å². The van der Waals surface area contributed by atoms with E-state index in [9.17, 15) is 0 Å². The van der Waals surface area contributed by atoms with E-state index in [0.29, 0.717) is 0 Å². The van der Waals surface area contributed by atoms with E-state index in [4.69, 9.17) is 0 Å². The van der Waals surface area contributed by atoms with Crippen molar-refractivity contribution in [2.75, 3.05) is 4.90 Å². The number of para-hydroxylation sites is 1. The van der Waals surface area contributed by atoms with Gasteiger partial charge >= 0.3 is 0 Å². The van der Waals surface area contributed by atoms with E-state index in [-0.39, 0.29) is 0 Å². The van der Waals surface area contributed by atoms with Crippen LogP contribution in [0.5, 0.6) is 0 Å². The molecule has 0 bridgehead atoms. The highest BCUT2D eigenvalue weighted by atomic mass is 79.9. The van der Waals surface area contributed by atoms with Crippen LogP contribution in [0.2, 0.25) is 0 Å². The van der Waals surface area contributed by atoms with Gasteiger partial charge in [0.1, 0.15) is 0 Å². The molecule has 2 heteroatoms. The normalized spacial score (nSPS) is 11.3. The molecule has 44 heavy (non-hydrogen) atoms. The molecule has 1 nitrogen and oxygen atoms in total. The SMILES string of the molecule is Brc1ccc2c(-c3ccccc3)c3cc(N(c4ccccc4)c4cccc5ccccc45)ccc3c(-c3ccccc3)c2c1. The van der Waals surface area contributed by atoms with Crippen LogP contribution < -0.4 is 4.90 Å². The third-order valence-electron chi connectivity index (χ3n) is 8.47. The predicted octanol–water partition coefficient (Wildman–Crippen LogP) is 12.7. The second-order valence-electron chi connectivity index (χ2n) is 11.1. The van der Waals surface area contributed by atoms with Crippen LogP contribution in [0.25, 0.3) is 54.6 Å². The van der Waals surface area contributed by atoms with Crippen LogP contribution in [0, 0.1) is 0 Å². The van der Waals surface area contributed by atoms with Crippen molar-refractivity contribution in [3.05, 3.63) is 174 Å². The molecule has 8 aromatic carbocycles. The van der Waals surface area contributed by atoms with E-state index in [2.05, 4.69) is 191 Å². The van der Waals surface area contributed by atoms with Crippen LogP contribution in [0.15, 0.2) is 174 Å². The average Bonchev–Trinajstić information content (AvgIpc) is 3.08. The van der Waals surface area contributed by atoms with Gasteiger partial charge in [-0.2, -0.15) is 0 Å². The molecular weight excluding hydrogens is 598 g/mol. The smallest absolute Gasteiger partial charge is 0.0540 e. The Morgan fingerprint density at radius 2 is 0.909 bits per heavy atom. The lowest BCUT2D eigenvalue weighted by molar-refractivity contribution is 1.30. The van der Waals surface area contributed by atoms with Gasteiger partial charge in [0.2, 0.25) is 0 Å². The monoisotopic (exact) mass is 625 g/mol. The fourth-order valence-electron chi connectivity index (χ4n) is 6.57. The number of fused-ring (bicyclic) bond motifs is 3. The molecule has 0 unspecified atom stereocenters. The molecule has 0 aromatic heterocycles. The lowest BCUT2D eigenvalue weighted by Gasteiger charge is -2.28. The number of anilines is 3. The molecule has 0 aliphatic carbocycles. The Balaban J connectivity index is 1.50. The van der Waals surface area contributed by atoms with Gasteiger partial charge in [0, 0.05) is 21.2 Å². The minimum absolute atomic E-state index is 1.07. The molecule has 0 heterocycles. The molecule has 0 aliphatic heterocycles. The number of hydrogen-bond donors (Lipinski definition) is 0. The largest absolute Gasteiger partial charge is 0.310 e. The van der Waals surface area contributed by atoms with Crippen LogP contribution in [-0.4, -0.2) is 0 Å². The first-order chi connectivity index (χ1) is 21.8. The van der Waals surface area contributed by atoms with E-state index in [1.165, 1.54) is 54.6 Å². The predicted molar refractivity (Wildman–Crippen MR) is 192 cm³/mol. The van der Waals surface area contributed by atoms with Crippen molar-refractivity contribution in [1.29, 1.82) is 0 Å². The summed E-state index contributed by atoms with van der Waals surface area (Å²) in [5.41, 5.74) is 8.31. The molecule has 0 amide bonds. The van der Waals surface area contributed by atoms with E-state index in [1.54, 1.807) is 0 Å². The summed E-state index contributed by atoms with van der Waals surface area (Å²) in [6.07, 6.45) is 0. The Morgan fingerprint density at radius 1 is 0.364 bits per heavy atom. The van der Waals surface area contributed by atoms with Gasteiger partial charge in [-0.05, 0) is 91.6 Å². The van der Waals surface area contributed by atoms with Gasteiger partial charge in [0.15, 0.2) is 0 Å². The van der Waals surface area contributed by atoms with E-state index in [0.717, 1.165) is 21.5 Å². The molecule has 0 saturated carbocycles. The van der Waals surface area contributed by atoms with Gasteiger partial charge in [-0.1, -0.05) is 143 Å². The lowest BCUT2D eigenvalue weighted by atomic mass is 9.85. The zero-order valence-corrected chi connectivity index (χ0v) is 25.6. The van der Waals surface area contributed by atoms with Gasteiger partial charge in [-0.25, -0.2) is 0 Å². The van der Waals surface area contributed by atoms with Gasteiger partial charge in [0.25, 0.3) is 0 Å². The van der Waals surface area contributed by atoms with Crippen molar-refractivity contribution in [1.82, 2.24) is 0 Å². The molecule has 8 aromatic rings. The second-order valence-corrected chi connectivity index (χ2v) is 12.0. The Bertz CT molecular complexity index is 2270. The molecule has 0 saturated heterocycles. The van der Waals surface area contributed by atoms with Crippen LogP contribution in [0.4, 0.5) is 17.1 Å². The third kappa shape index (κ3) is 4.56. The summed E-state index contributed by atoms with van der Waals surface area (Å²) in [6.45, 7) is 0. The summed E-state index contributed by atoms with van der Waals surface area (Å²) in [7, 11) is 0. The summed E-state index contributed by atoms with van der Waals surface area (Å²) in [4.78, 5) is 2.39. The van der Waals surface area contributed by atoms with E-state index >= 15 is 0 Å². The number of halogens is 1. The minimum atomic E-state index is 1.07. The van der Waals surface area contributed by atoms with Gasteiger partial charge < -0.3 is 4.90 Å². The fourth-order valence-corrected chi connectivity index (χ4v) is 6.93. The van der Waals surface area contributed by atoms with Crippen molar-refractivity contribution >= 4 is 65.3 Å². The van der Waals surface area contributed by atoms with Gasteiger partial charge in [-0.3, -0.25) is 0 Å². The molecule has 0 N–H and O–H groups in total. The second kappa shape index (κ2) is 11.1. The highest BCUT2D eigenvalue weighted by Crippen LogP contribution is 2.47. The van der Waals surface area contributed by atoms with Crippen molar-refractivity contribution in [2.24, 2.45) is 0 Å². The molecule has 208 valence electrons. The van der Waals surface area contributed by atoms with Crippen molar-refractivity contribution < 1.29 is 0 Å². The summed E-state index contributed by atoms with van der Waals surface area (Å²) < 4.78 is 1.07. The Hall–Kier alpha value is -5.18. The molecule has 0 radical (unpaired) electrons. The van der Waals surface area contributed by atoms with Crippen LogP contribution >= 0.6 is 15.9 Å². The highest BCUT2D eigenvalue weighted by molar-refractivity contribution is 9.10. The zero-order valence-electron chi connectivity index (χ0n) is 24.0. The topological polar surface area (TPSA) is 3.24 Å². The first-order valence-corrected chi connectivity index (χ1v) is 15.7. The minimum Gasteiger partial charge on any atom is -0.310 e. The van der Waals surface area contributed by atoms with Crippen LogP contribution in [-0.2, 0) is 0 Å². The standard InChI is InChI=1S/C42H28BrN/c43-32-23-25-36-38(27-32)41(30-14-4-1-5-15-30)37-26-24-34(28-39(37)42(36)31-16-6-2-7-17-31)44(33-19-8-3-9-20-33)40-22-12-18-29-13-10-11-21-35(29)40/h1-28H. The lowest BCUT2D eigenvalue weighted by Crippen LogP contribution is -2.10. The molecular formula is C42H28BrN. The number of rotatable bonds is 5. The summed E-state index contributed by atoms with van der Waals surface area (Å²) >= 11 is 3.78. The molecule has 0 spiro atoms. The van der Waals surface area contributed by atoms with E-state index < -0.39 is 0 Å². The van der Waals surface area contributed by atoms with Crippen LogP contribution in [0.3, 0.4) is 0 Å². The fraction of sp³-hybridized carbons (Fsp3) is 0. The quantitative estimate of drug-likeness (QED) is 0.172. The van der Waals surface area contributed by atoms with Crippen molar-refractivity contribution in [3.8, 4) is 22.3 Å². The first kappa shape index (κ1) is 26.4. The molecule has 0 atom stereocenters. The molecule has 0 aliphatic rings. The maximum absolute atomic E-state index is 3.78. The van der Waals surface area contributed by atoms with Crippen LogP contribution in [0.1, 0.15) is 0 Å². The maximum atomic E-state index is 3.78. The molecule has 8 rings (SSSR count). The Kier molecular flexibility index (Phi) is 6.70. The third-order valence-corrected chi connectivity index (χ3v) is 8.96. The number of benzene rings is 8. The Morgan fingerprint density at radius 3 is 1.59 bits per heavy atom. The zero-order chi connectivity index (χ0) is 29.5. The highest BCUT2D eigenvalue weighted by Gasteiger charge is 2.20. The number of nitrogens with zero attached hydrogens (tertiary/aromatic N) is 1. The average molecular weight is 627 g/mol. The summed E-state index contributed by atoms with van der Waals surface area (Å²) in [5.74, 6) is 0.